The first-order chi connectivity index (χ1) is 18.5. The fraction of sp³-hybridized carbons (Fsp3) is 0.370. The first-order valence-electron chi connectivity index (χ1n) is 13.0. The van der Waals surface area contributed by atoms with E-state index in [0.29, 0.717) is 23.7 Å². The Morgan fingerprint density at radius 3 is 2.34 bits per heavy atom. The van der Waals surface area contributed by atoms with Crippen LogP contribution < -0.4 is 24.1 Å². The molecule has 0 radical (unpaired) electrons. The standard InChI is InChI=1S/C27H32N6O4S/c1-2-36-24-18-21(12-13-23(24)37-38(34,35)22-10-4-3-5-11-22)20-28-31-25-19-26(32-14-6-7-15-32)30-27(29-25)33-16-8-9-17-33/h3-5,10-13,18-20H,2,6-9,14-17H2,1H3,(H,29,30,31)/b28-20-. The van der Waals surface area contributed by atoms with Crippen LogP contribution in [0.1, 0.15) is 38.2 Å². The summed E-state index contributed by atoms with van der Waals surface area (Å²) in [6.07, 6.45) is 6.25. The van der Waals surface area contributed by atoms with Crippen molar-refractivity contribution in [2.24, 2.45) is 5.10 Å². The second-order valence-electron chi connectivity index (χ2n) is 9.16. The van der Waals surface area contributed by atoms with Crippen molar-refractivity contribution in [1.29, 1.82) is 0 Å². The maximum atomic E-state index is 12.7. The van der Waals surface area contributed by atoms with E-state index in [2.05, 4.69) is 20.3 Å². The highest BCUT2D eigenvalue weighted by Gasteiger charge is 2.21. The molecule has 2 aliphatic heterocycles. The van der Waals surface area contributed by atoms with Crippen LogP contribution in [0.25, 0.3) is 0 Å². The predicted molar refractivity (Wildman–Crippen MR) is 148 cm³/mol. The molecule has 1 N–H and O–H groups in total. The van der Waals surface area contributed by atoms with Gasteiger partial charge in [-0.1, -0.05) is 18.2 Å². The topological polar surface area (TPSA) is 109 Å². The van der Waals surface area contributed by atoms with Crippen LogP contribution >= 0.6 is 0 Å². The number of anilines is 3. The maximum Gasteiger partial charge on any atom is 0.339 e. The highest BCUT2D eigenvalue weighted by Crippen LogP contribution is 2.31. The summed E-state index contributed by atoms with van der Waals surface area (Å²) in [6, 6.07) is 14.9. The molecule has 3 aromatic rings. The summed E-state index contributed by atoms with van der Waals surface area (Å²) < 4.78 is 36.4. The van der Waals surface area contributed by atoms with Crippen LogP contribution in [0.3, 0.4) is 0 Å². The average Bonchev–Trinajstić information content (AvgIpc) is 3.66. The van der Waals surface area contributed by atoms with Gasteiger partial charge in [0.2, 0.25) is 5.95 Å². The van der Waals surface area contributed by atoms with Crippen LogP contribution in [0.15, 0.2) is 64.6 Å². The van der Waals surface area contributed by atoms with E-state index < -0.39 is 10.1 Å². The predicted octanol–water partition coefficient (Wildman–Crippen LogP) is 4.29. The molecule has 0 amide bonds. The van der Waals surface area contributed by atoms with Crippen LogP contribution in [-0.4, -0.2) is 57.4 Å². The number of benzene rings is 2. The molecular formula is C27H32N6O4S. The lowest BCUT2D eigenvalue weighted by molar-refractivity contribution is 0.327. The molecule has 0 saturated carbocycles. The van der Waals surface area contributed by atoms with Gasteiger partial charge in [0, 0.05) is 32.2 Å². The van der Waals surface area contributed by atoms with Gasteiger partial charge in [0.15, 0.2) is 17.3 Å². The molecule has 0 unspecified atom stereocenters. The number of ether oxygens (including phenoxy) is 1. The van der Waals surface area contributed by atoms with Gasteiger partial charge in [-0.25, -0.2) is 0 Å². The lowest BCUT2D eigenvalue weighted by atomic mass is 10.2. The van der Waals surface area contributed by atoms with Crippen molar-refractivity contribution in [2.45, 2.75) is 37.5 Å². The Kier molecular flexibility index (Phi) is 7.92. The number of nitrogens with zero attached hydrogens (tertiary/aromatic N) is 5. The second kappa shape index (κ2) is 11.7. The summed E-state index contributed by atoms with van der Waals surface area (Å²) in [7, 11) is -3.99. The lowest BCUT2D eigenvalue weighted by Gasteiger charge is -2.21. The molecular weight excluding hydrogens is 504 g/mol. The van der Waals surface area contributed by atoms with E-state index >= 15 is 0 Å². The molecule has 200 valence electrons. The van der Waals surface area contributed by atoms with Crippen LogP contribution in [0.4, 0.5) is 17.6 Å². The monoisotopic (exact) mass is 536 g/mol. The molecule has 2 aliphatic rings. The van der Waals surface area contributed by atoms with E-state index in [4.69, 9.17) is 18.9 Å². The smallest absolute Gasteiger partial charge is 0.339 e. The molecule has 10 nitrogen and oxygen atoms in total. The van der Waals surface area contributed by atoms with Gasteiger partial charge in [-0.3, -0.25) is 5.43 Å². The fourth-order valence-corrected chi connectivity index (χ4v) is 5.48. The van der Waals surface area contributed by atoms with E-state index in [1.165, 1.54) is 25.0 Å². The quantitative estimate of drug-likeness (QED) is 0.231. The number of hydrogen-bond acceptors (Lipinski definition) is 10. The van der Waals surface area contributed by atoms with Gasteiger partial charge in [0.05, 0.1) is 12.8 Å². The maximum absolute atomic E-state index is 12.7. The van der Waals surface area contributed by atoms with Crippen molar-refractivity contribution in [3.8, 4) is 11.5 Å². The number of hydrogen-bond donors (Lipinski definition) is 1. The Balaban J connectivity index is 1.33. The van der Waals surface area contributed by atoms with Gasteiger partial charge in [-0.2, -0.15) is 23.5 Å². The van der Waals surface area contributed by atoms with Gasteiger partial charge >= 0.3 is 10.1 Å². The molecule has 11 heteroatoms. The third-order valence-corrected chi connectivity index (χ3v) is 7.66. The highest BCUT2D eigenvalue weighted by molar-refractivity contribution is 7.87. The summed E-state index contributed by atoms with van der Waals surface area (Å²) >= 11 is 0. The zero-order chi connectivity index (χ0) is 26.4. The summed E-state index contributed by atoms with van der Waals surface area (Å²) in [5.41, 5.74) is 3.75. The van der Waals surface area contributed by atoms with Crippen LogP contribution in [0, 0.1) is 0 Å². The van der Waals surface area contributed by atoms with Crippen LogP contribution in [-0.2, 0) is 10.1 Å². The van der Waals surface area contributed by atoms with Crippen LogP contribution in [0.5, 0.6) is 11.5 Å². The number of aromatic nitrogens is 2. The molecule has 0 bridgehead atoms. The van der Waals surface area contributed by atoms with Crippen molar-refractivity contribution < 1.29 is 17.3 Å². The largest absolute Gasteiger partial charge is 0.490 e. The normalized spacial score (nSPS) is 15.8. The van der Waals surface area contributed by atoms with Gasteiger partial charge < -0.3 is 18.7 Å². The van der Waals surface area contributed by atoms with Crippen molar-refractivity contribution >= 4 is 33.9 Å². The lowest BCUT2D eigenvalue weighted by Crippen LogP contribution is -2.24. The zero-order valence-electron chi connectivity index (χ0n) is 21.4. The third-order valence-electron chi connectivity index (χ3n) is 6.41. The molecule has 38 heavy (non-hydrogen) atoms. The second-order valence-corrected chi connectivity index (χ2v) is 10.7. The molecule has 2 fully saturated rings. The van der Waals surface area contributed by atoms with Crippen molar-refractivity contribution in [1.82, 2.24) is 9.97 Å². The van der Waals surface area contributed by atoms with Gasteiger partial charge in [0.1, 0.15) is 10.7 Å². The van der Waals surface area contributed by atoms with Crippen molar-refractivity contribution in [3.63, 3.8) is 0 Å². The summed E-state index contributed by atoms with van der Waals surface area (Å²) in [5, 5.41) is 4.38. The SMILES string of the molecule is CCOc1cc(/C=N\Nc2cc(N3CCCC3)nc(N3CCCC3)n2)ccc1OS(=O)(=O)c1ccccc1. The van der Waals surface area contributed by atoms with Crippen molar-refractivity contribution in [3.05, 3.63) is 60.2 Å². The first-order valence-corrected chi connectivity index (χ1v) is 14.4. The number of rotatable bonds is 10. The molecule has 5 rings (SSSR count). The Labute approximate surface area is 223 Å². The molecule has 0 atom stereocenters. The summed E-state index contributed by atoms with van der Waals surface area (Å²) in [6.45, 7) is 6.08. The summed E-state index contributed by atoms with van der Waals surface area (Å²) in [4.78, 5) is 14.1. The molecule has 0 spiro atoms. The van der Waals surface area contributed by atoms with Gasteiger partial charge in [-0.05, 0) is 68.5 Å². The Morgan fingerprint density at radius 1 is 0.921 bits per heavy atom. The van der Waals surface area contributed by atoms with E-state index in [0.717, 1.165) is 50.8 Å². The minimum Gasteiger partial charge on any atom is -0.490 e. The first kappa shape index (κ1) is 25.8. The van der Waals surface area contributed by atoms with E-state index in [-0.39, 0.29) is 10.6 Å². The molecule has 0 aliphatic carbocycles. The van der Waals surface area contributed by atoms with E-state index in [1.807, 2.05) is 13.0 Å². The van der Waals surface area contributed by atoms with Crippen LogP contribution in [0.2, 0.25) is 0 Å². The van der Waals surface area contributed by atoms with E-state index in [9.17, 15) is 8.42 Å². The minimum atomic E-state index is -3.99. The number of nitrogens with one attached hydrogen (secondary N) is 1. The molecule has 2 aromatic carbocycles. The molecule has 2 saturated heterocycles. The Bertz CT molecular complexity index is 1340. The molecule has 1 aromatic heterocycles. The van der Waals surface area contributed by atoms with Gasteiger partial charge in [0.25, 0.3) is 0 Å². The summed E-state index contributed by atoms with van der Waals surface area (Å²) in [5.74, 6) is 2.69. The zero-order valence-corrected chi connectivity index (χ0v) is 22.2. The van der Waals surface area contributed by atoms with Crippen molar-refractivity contribution in [2.75, 3.05) is 48.0 Å². The molecule has 3 heterocycles. The van der Waals surface area contributed by atoms with E-state index in [1.54, 1.807) is 42.6 Å². The third kappa shape index (κ3) is 6.16. The average molecular weight is 537 g/mol. The fourth-order valence-electron chi connectivity index (χ4n) is 4.51. The Hall–Kier alpha value is -3.86. The van der Waals surface area contributed by atoms with Gasteiger partial charge in [-0.15, -0.1) is 0 Å². The highest BCUT2D eigenvalue weighted by atomic mass is 32.2. The Morgan fingerprint density at radius 2 is 1.63 bits per heavy atom. The number of hydrazone groups is 1. The minimum absolute atomic E-state index is 0.0729.